The third kappa shape index (κ3) is 6.75. The van der Waals surface area contributed by atoms with Gasteiger partial charge in [0.05, 0.1) is 0 Å². The molecule has 0 N–H and O–H groups in total. The highest BCUT2D eigenvalue weighted by Crippen LogP contribution is 2.53. The summed E-state index contributed by atoms with van der Waals surface area (Å²) in [6, 6.07) is 69.6. The van der Waals surface area contributed by atoms with Gasteiger partial charge in [0, 0.05) is 39.6 Å². The Labute approximate surface area is 418 Å². The van der Waals surface area contributed by atoms with Crippen LogP contribution in [0.15, 0.2) is 229 Å². The maximum absolute atomic E-state index is 2.58. The van der Waals surface area contributed by atoms with Crippen molar-refractivity contribution in [2.45, 2.75) is 70.6 Å². The monoisotopic (exact) mass is 912 g/mol. The van der Waals surface area contributed by atoms with Gasteiger partial charge in [-0.15, -0.1) is 0 Å². The lowest BCUT2D eigenvalue weighted by molar-refractivity contribution is 0.660. The molecule has 0 atom stereocenters. The fourth-order valence-corrected chi connectivity index (χ4v) is 13.1. The first kappa shape index (κ1) is 42.0. The molecule has 71 heavy (non-hydrogen) atoms. The highest BCUT2D eigenvalue weighted by Gasteiger charge is 2.36. The molecule has 0 saturated carbocycles. The molecule has 342 valence electrons. The maximum atomic E-state index is 2.58. The summed E-state index contributed by atoms with van der Waals surface area (Å²) in [5.74, 6) is 0. The second kappa shape index (κ2) is 16.6. The predicted molar refractivity (Wildman–Crippen MR) is 300 cm³/mol. The summed E-state index contributed by atoms with van der Waals surface area (Å²) in [6.45, 7) is 4.82. The van der Waals surface area contributed by atoms with Crippen LogP contribution in [0.3, 0.4) is 0 Å². The molecule has 0 radical (unpaired) electrons. The van der Waals surface area contributed by atoms with Gasteiger partial charge in [-0.05, 0) is 205 Å². The molecule has 0 unspecified atom stereocenters. The molecule has 9 aromatic carbocycles. The molecule has 2 heteroatoms. The lowest BCUT2D eigenvalue weighted by Gasteiger charge is -2.31. The molecule has 5 aliphatic rings. The Hall–Kier alpha value is -7.94. The Balaban J connectivity index is 1.08. The zero-order valence-corrected chi connectivity index (χ0v) is 40.7. The predicted octanol–water partition coefficient (Wildman–Crippen LogP) is 18.7. The Morgan fingerprint density at radius 1 is 0.366 bits per heavy atom. The van der Waals surface area contributed by atoms with E-state index in [9.17, 15) is 0 Å². The molecule has 0 spiro atoms. The van der Waals surface area contributed by atoms with Crippen molar-refractivity contribution >= 4 is 44.3 Å². The summed E-state index contributed by atoms with van der Waals surface area (Å²) in [6.07, 6.45) is 18.2. The second-order valence-electron chi connectivity index (χ2n) is 20.9. The molecule has 2 nitrogen and oxygen atoms in total. The van der Waals surface area contributed by atoms with Gasteiger partial charge in [-0.1, -0.05) is 166 Å². The molecule has 2 heterocycles. The first-order valence-corrected chi connectivity index (χ1v) is 26.0. The zero-order valence-electron chi connectivity index (χ0n) is 40.7. The van der Waals surface area contributed by atoms with Gasteiger partial charge in [-0.2, -0.15) is 0 Å². The number of allylic oxidation sites excluding steroid dienone is 6. The van der Waals surface area contributed by atoms with Crippen LogP contribution in [0.4, 0.5) is 22.7 Å². The van der Waals surface area contributed by atoms with Crippen molar-refractivity contribution in [1.29, 1.82) is 0 Å². The number of aryl methyl sites for hydroxylation is 2. The Bertz CT molecular complexity index is 3780. The number of rotatable bonds is 5. The van der Waals surface area contributed by atoms with Crippen molar-refractivity contribution in [2.24, 2.45) is 0 Å². The summed E-state index contributed by atoms with van der Waals surface area (Å²) in [7, 11) is 0. The molecule has 0 amide bonds. The normalized spacial score (nSPS) is 16.5. The van der Waals surface area contributed by atoms with Gasteiger partial charge in [0.1, 0.15) is 0 Å². The fourth-order valence-electron chi connectivity index (χ4n) is 13.1. The van der Waals surface area contributed by atoms with E-state index in [2.05, 4.69) is 230 Å². The van der Waals surface area contributed by atoms with Crippen molar-refractivity contribution in [3.05, 3.63) is 251 Å². The summed E-state index contributed by atoms with van der Waals surface area (Å²) < 4.78 is 0. The molecule has 0 fully saturated rings. The smallest absolute Gasteiger partial charge is 0.0493 e. The first-order valence-electron chi connectivity index (χ1n) is 26.0. The van der Waals surface area contributed by atoms with Crippen LogP contribution in [-0.2, 0) is 18.3 Å². The lowest BCUT2D eigenvalue weighted by atomic mass is 9.80. The number of hydrogen-bond acceptors (Lipinski definition) is 2. The number of benzene rings is 9. The Morgan fingerprint density at radius 2 is 0.859 bits per heavy atom. The van der Waals surface area contributed by atoms with Gasteiger partial charge in [0.2, 0.25) is 0 Å². The molecular weight excluding hydrogens is 857 g/mol. The van der Waals surface area contributed by atoms with Crippen molar-refractivity contribution in [3.8, 4) is 44.5 Å². The largest absolute Gasteiger partial charge is 0.310 e. The molecule has 3 aliphatic carbocycles. The standard InChI is InChI=1S/C69H56N2/c1-69(2)61-23-11-10-22-55(61)56-39-36-52(42-62(56)69)68-58-41-38-53(70-63-24-12-6-18-47(63)30-31-48-19-7-13-25-64(48)70)43-59(58)67(51-34-28-46(29-35-51)45-16-4-3-5-17-45)57-40-37-54(44-60(57)68)71-65-26-14-8-20-49(65)32-33-50-21-9-15-27-66(50)71/h3-6,8,10-18,20,22-29,34-44H,7,9,19,21,30-33H2,1-2H3. The topological polar surface area (TPSA) is 6.48 Å². The minimum Gasteiger partial charge on any atom is -0.310 e. The van der Waals surface area contributed by atoms with Gasteiger partial charge in [0.25, 0.3) is 0 Å². The van der Waals surface area contributed by atoms with Crippen LogP contribution in [0.1, 0.15) is 74.6 Å². The van der Waals surface area contributed by atoms with Crippen LogP contribution >= 0.6 is 0 Å². The average molecular weight is 913 g/mol. The molecule has 2 aliphatic heterocycles. The van der Waals surface area contributed by atoms with Crippen LogP contribution in [-0.4, -0.2) is 0 Å². The van der Waals surface area contributed by atoms with Crippen molar-refractivity contribution in [1.82, 2.24) is 0 Å². The summed E-state index contributed by atoms with van der Waals surface area (Å²) in [5, 5.41) is 5.05. The van der Waals surface area contributed by atoms with Gasteiger partial charge in [-0.25, -0.2) is 0 Å². The van der Waals surface area contributed by atoms with Crippen LogP contribution in [0.25, 0.3) is 66.1 Å². The van der Waals surface area contributed by atoms with Gasteiger partial charge in [0.15, 0.2) is 0 Å². The molecule has 9 aromatic rings. The van der Waals surface area contributed by atoms with E-state index in [1.54, 1.807) is 11.1 Å². The van der Waals surface area contributed by atoms with E-state index < -0.39 is 0 Å². The van der Waals surface area contributed by atoms with Gasteiger partial charge < -0.3 is 9.80 Å². The molecule has 14 rings (SSSR count). The molecule has 0 aromatic heterocycles. The van der Waals surface area contributed by atoms with E-state index in [1.165, 1.54) is 122 Å². The molecule has 0 saturated heterocycles. The van der Waals surface area contributed by atoms with E-state index in [0.717, 1.165) is 51.4 Å². The van der Waals surface area contributed by atoms with Gasteiger partial charge in [-0.3, -0.25) is 0 Å². The average Bonchev–Trinajstić information content (AvgIpc) is 3.54. The third-order valence-corrected chi connectivity index (χ3v) is 16.6. The van der Waals surface area contributed by atoms with E-state index in [4.69, 9.17) is 0 Å². The molecular formula is C69H56N2. The maximum Gasteiger partial charge on any atom is 0.0493 e. The molecule has 0 bridgehead atoms. The van der Waals surface area contributed by atoms with Crippen molar-refractivity contribution < 1.29 is 0 Å². The number of para-hydroxylation sites is 2. The van der Waals surface area contributed by atoms with Crippen molar-refractivity contribution in [2.75, 3.05) is 9.80 Å². The highest BCUT2D eigenvalue weighted by molar-refractivity contribution is 6.23. The second-order valence-corrected chi connectivity index (χ2v) is 20.9. The number of nitrogens with zero attached hydrogens (tertiary/aromatic N) is 2. The minimum absolute atomic E-state index is 0.141. The van der Waals surface area contributed by atoms with E-state index in [-0.39, 0.29) is 5.41 Å². The van der Waals surface area contributed by atoms with Crippen LogP contribution in [0, 0.1) is 0 Å². The quantitative estimate of drug-likeness (QED) is 0.159. The van der Waals surface area contributed by atoms with E-state index >= 15 is 0 Å². The van der Waals surface area contributed by atoms with Gasteiger partial charge >= 0.3 is 0 Å². The minimum atomic E-state index is -0.141. The number of hydrogen-bond donors (Lipinski definition) is 0. The fraction of sp³-hybridized carbons (Fsp3) is 0.159. The summed E-state index contributed by atoms with van der Waals surface area (Å²) in [5.41, 5.74) is 26.4. The van der Waals surface area contributed by atoms with E-state index in [1.807, 2.05) is 0 Å². The Kier molecular flexibility index (Phi) is 9.82. The first-order chi connectivity index (χ1) is 35.0. The Morgan fingerprint density at radius 3 is 1.48 bits per heavy atom. The number of fused-ring (bicyclic) bond motifs is 7. The van der Waals surface area contributed by atoms with Crippen LogP contribution in [0.2, 0.25) is 0 Å². The van der Waals surface area contributed by atoms with Crippen LogP contribution in [0.5, 0.6) is 0 Å². The third-order valence-electron chi connectivity index (χ3n) is 16.6. The van der Waals surface area contributed by atoms with Crippen LogP contribution < -0.4 is 9.80 Å². The summed E-state index contributed by atoms with van der Waals surface area (Å²) in [4.78, 5) is 5.16. The lowest BCUT2D eigenvalue weighted by Crippen LogP contribution is -2.18. The van der Waals surface area contributed by atoms with Crippen molar-refractivity contribution in [3.63, 3.8) is 0 Å². The zero-order chi connectivity index (χ0) is 47.2. The highest BCUT2D eigenvalue weighted by atomic mass is 15.2. The SMILES string of the molecule is CC1(C)c2ccccc2-c2ccc(-c3c4ccc(N5C6=C(CCC=C6)CCc6ccccc65)cc4c(-c4ccc(-c5ccccc5)cc4)c4ccc(N5C6=C(CCC=C6)CCc6ccccc65)cc34)cc21. The van der Waals surface area contributed by atoms with E-state index in [0.29, 0.717) is 0 Å². The number of anilines is 4. The summed E-state index contributed by atoms with van der Waals surface area (Å²) >= 11 is 0.